The van der Waals surface area contributed by atoms with Gasteiger partial charge in [-0.3, -0.25) is 14.8 Å². The highest BCUT2D eigenvalue weighted by molar-refractivity contribution is 5.72. The van der Waals surface area contributed by atoms with Crippen molar-refractivity contribution in [1.82, 2.24) is 19.6 Å². The highest BCUT2D eigenvalue weighted by Crippen LogP contribution is 2.28. The fourth-order valence-corrected chi connectivity index (χ4v) is 2.09. The third kappa shape index (κ3) is 2.22. The number of nitrogen functional groups attached to an aromatic ring is 1. The lowest BCUT2D eigenvalue weighted by molar-refractivity contribution is -0.384. The van der Waals surface area contributed by atoms with E-state index in [4.69, 9.17) is 5.73 Å². The normalized spacial score (nSPS) is 10.7. The van der Waals surface area contributed by atoms with Crippen molar-refractivity contribution >= 4 is 11.4 Å². The first-order valence-electron chi connectivity index (χ1n) is 6.14. The molecule has 0 bridgehead atoms. The molecule has 0 spiro atoms. The van der Waals surface area contributed by atoms with Gasteiger partial charge >= 0.3 is 0 Å². The lowest BCUT2D eigenvalue weighted by atomic mass is 10.2. The van der Waals surface area contributed by atoms with E-state index < -0.39 is 4.92 Å². The first kappa shape index (κ1) is 12.9. The summed E-state index contributed by atoms with van der Waals surface area (Å²) >= 11 is 0. The summed E-state index contributed by atoms with van der Waals surface area (Å²) < 4.78 is 3.05. The first-order valence-corrected chi connectivity index (χ1v) is 6.14. The number of nitro groups is 1. The summed E-state index contributed by atoms with van der Waals surface area (Å²) in [6.45, 7) is 0. The number of anilines is 1. The van der Waals surface area contributed by atoms with Crippen LogP contribution >= 0.6 is 0 Å². The lowest BCUT2D eigenvalue weighted by Gasteiger charge is -2.01. The molecular weight excluding hydrogens is 272 g/mol. The third-order valence-corrected chi connectivity index (χ3v) is 3.05. The molecule has 8 heteroatoms. The van der Waals surface area contributed by atoms with E-state index in [2.05, 4.69) is 10.2 Å². The second kappa shape index (κ2) is 4.75. The average Bonchev–Trinajstić information content (AvgIpc) is 3.04. The van der Waals surface area contributed by atoms with E-state index in [1.807, 2.05) is 0 Å². The summed E-state index contributed by atoms with van der Waals surface area (Å²) in [5.74, 6) is 0. The van der Waals surface area contributed by atoms with Crippen molar-refractivity contribution in [2.75, 3.05) is 5.73 Å². The predicted molar refractivity (Wildman–Crippen MR) is 76.8 cm³/mol. The van der Waals surface area contributed by atoms with Crippen LogP contribution in [-0.2, 0) is 7.05 Å². The molecule has 3 rings (SSSR count). The Bertz CT molecular complexity index is 820. The third-order valence-electron chi connectivity index (χ3n) is 3.05. The molecule has 1 aromatic carbocycles. The lowest BCUT2D eigenvalue weighted by Crippen LogP contribution is -2.00. The Morgan fingerprint density at radius 2 is 2.05 bits per heavy atom. The zero-order chi connectivity index (χ0) is 15.0. The minimum absolute atomic E-state index is 0.0299. The zero-order valence-corrected chi connectivity index (χ0v) is 11.2. The monoisotopic (exact) mass is 284 g/mol. The van der Waals surface area contributed by atoms with E-state index in [1.165, 1.54) is 10.7 Å². The molecule has 21 heavy (non-hydrogen) atoms. The Morgan fingerprint density at radius 1 is 1.29 bits per heavy atom. The Morgan fingerprint density at radius 3 is 2.71 bits per heavy atom. The van der Waals surface area contributed by atoms with Crippen LogP contribution in [0, 0.1) is 10.1 Å². The smallest absolute Gasteiger partial charge is 0.294 e. The molecule has 0 atom stereocenters. The number of aromatic nitrogens is 4. The molecule has 0 aliphatic carbocycles. The molecule has 0 saturated heterocycles. The minimum atomic E-state index is -0.447. The molecule has 0 radical (unpaired) electrons. The standard InChI is InChI=1S/C13H12N6O2/c1-17-7-9(6-15-17)13-10(14)8-18(16-13)11-4-2-3-5-12(11)19(20)21/h2-8H,14H2,1H3. The predicted octanol–water partition coefficient (Wildman–Crippen LogP) is 1.76. The number of para-hydroxylation sites is 2. The van der Waals surface area contributed by atoms with E-state index in [1.54, 1.807) is 48.5 Å². The van der Waals surface area contributed by atoms with Gasteiger partial charge in [-0.25, -0.2) is 4.68 Å². The van der Waals surface area contributed by atoms with Crippen molar-refractivity contribution in [2.45, 2.75) is 0 Å². The van der Waals surface area contributed by atoms with Crippen LogP contribution in [0.3, 0.4) is 0 Å². The van der Waals surface area contributed by atoms with Gasteiger partial charge in [0.15, 0.2) is 0 Å². The number of nitrogens with two attached hydrogens (primary N) is 1. The van der Waals surface area contributed by atoms with Crippen LogP contribution in [0.2, 0.25) is 0 Å². The molecule has 3 aromatic rings. The van der Waals surface area contributed by atoms with Crippen molar-refractivity contribution in [3.05, 3.63) is 53.0 Å². The maximum atomic E-state index is 11.1. The van der Waals surface area contributed by atoms with Crippen LogP contribution in [0.25, 0.3) is 16.9 Å². The van der Waals surface area contributed by atoms with E-state index in [-0.39, 0.29) is 5.69 Å². The van der Waals surface area contributed by atoms with E-state index in [0.29, 0.717) is 17.1 Å². The van der Waals surface area contributed by atoms with Gasteiger partial charge < -0.3 is 5.73 Å². The van der Waals surface area contributed by atoms with Gasteiger partial charge in [-0.2, -0.15) is 10.2 Å². The molecule has 2 N–H and O–H groups in total. The maximum Gasteiger partial charge on any atom is 0.294 e. The summed E-state index contributed by atoms with van der Waals surface area (Å²) in [7, 11) is 1.79. The summed E-state index contributed by atoms with van der Waals surface area (Å²) in [4.78, 5) is 10.6. The summed E-state index contributed by atoms with van der Waals surface area (Å²) in [6.07, 6.45) is 4.98. The highest BCUT2D eigenvalue weighted by atomic mass is 16.6. The SMILES string of the molecule is Cn1cc(-c2nn(-c3ccccc3[N+](=O)[O-])cc2N)cn1. The van der Waals surface area contributed by atoms with Crippen molar-refractivity contribution in [3.63, 3.8) is 0 Å². The molecule has 2 aromatic heterocycles. The van der Waals surface area contributed by atoms with Crippen molar-refractivity contribution in [3.8, 4) is 16.9 Å². The van der Waals surface area contributed by atoms with Crippen LogP contribution < -0.4 is 5.73 Å². The highest BCUT2D eigenvalue weighted by Gasteiger charge is 2.17. The number of hydrogen-bond donors (Lipinski definition) is 1. The fourth-order valence-electron chi connectivity index (χ4n) is 2.09. The van der Waals surface area contributed by atoms with Crippen molar-refractivity contribution in [1.29, 1.82) is 0 Å². The number of benzene rings is 1. The molecule has 0 amide bonds. The summed E-state index contributed by atoms with van der Waals surface area (Å²) in [5.41, 5.74) is 8.02. The van der Waals surface area contributed by atoms with Gasteiger partial charge in [0, 0.05) is 24.9 Å². The van der Waals surface area contributed by atoms with Crippen LogP contribution in [0.4, 0.5) is 11.4 Å². The Kier molecular flexibility index (Phi) is 2.90. The summed E-state index contributed by atoms with van der Waals surface area (Å²) in [5, 5.41) is 19.5. The zero-order valence-electron chi connectivity index (χ0n) is 11.2. The number of rotatable bonds is 3. The number of nitrogens with zero attached hydrogens (tertiary/aromatic N) is 5. The molecule has 8 nitrogen and oxygen atoms in total. The van der Waals surface area contributed by atoms with Gasteiger partial charge in [0.05, 0.1) is 23.0 Å². The van der Waals surface area contributed by atoms with Gasteiger partial charge in [0.1, 0.15) is 11.4 Å². The Balaban J connectivity index is 2.12. The first-order chi connectivity index (χ1) is 10.1. The topological polar surface area (TPSA) is 105 Å². The van der Waals surface area contributed by atoms with Crippen LogP contribution in [0.5, 0.6) is 0 Å². The van der Waals surface area contributed by atoms with Crippen LogP contribution in [0.15, 0.2) is 42.9 Å². The van der Waals surface area contributed by atoms with Crippen LogP contribution in [0.1, 0.15) is 0 Å². The molecule has 0 saturated carbocycles. The van der Waals surface area contributed by atoms with Gasteiger partial charge in [-0.15, -0.1) is 0 Å². The molecule has 0 fully saturated rings. The van der Waals surface area contributed by atoms with Crippen LogP contribution in [-0.4, -0.2) is 24.5 Å². The second-order valence-electron chi connectivity index (χ2n) is 4.53. The van der Waals surface area contributed by atoms with Crippen molar-refractivity contribution < 1.29 is 4.92 Å². The average molecular weight is 284 g/mol. The number of nitro benzene ring substituents is 1. The number of hydrogen-bond acceptors (Lipinski definition) is 5. The maximum absolute atomic E-state index is 11.1. The molecule has 106 valence electrons. The van der Waals surface area contributed by atoms with E-state index in [0.717, 1.165) is 5.56 Å². The summed E-state index contributed by atoms with van der Waals surface area (Å²) in [6, 6.07) is 6.37. The quantitative estimate of drug-likeness (QED) is 0.582. The molecule has 0 aliphatic rings. The van der Waals surface area contributed by atoms with E-state index >= 15 is 0 Å². The largest absolute Gasteiger partial charge is 0.396 e. The second-order valence-corrected chi connectivity index (χ2v) is 4.53. The molecule has 0 aliphatic heterocycles. The molecular formula is C13H12N6O2. The minimum Gasteiger partial charge on any atom is -0.396 e. The Hall–Kier alpha value is -3.16. The van der Waals surface area contributed by atoms with Crippen molar-refractivity contribution in [2.24, 2.45) is 7.05 Å². The van der Waals surface area contributed by atoms with Gasteiger partial charge in [-0.05, 0) is 6.07 Å². The molecule has 0 unspecified atom stereocenters. The Labute approximate surface area is 119 Å². The number of aryl methyl sites for hydroxylation is 1. The van der Waals surface area contributed by atoms with Gasteiger partial charge in [0.2, 0.25) is 0 Å². The van der Waals surface area contributed by atoms with Gasteiger partial charge in [-0.1, -0.05) is 12.1 Å². The molecule has 2 heterocycles. The van der Waals surface area contributed by atoms with Gasteiger partial charge in [0.25, 0.3) is 5.69 Å². The van der Waals surface area contributed by atoms with E-state index in [9.17, 15) is 10.1 Å². The fraction of sp³-hybridized carbons (Fsp3) is 0.0769.